The molecule has 1 atom stereocenters. The number of para-hydroxylation sites is 1. The smallest absolute Gasteiger partial charge is 0.242 e. The van der Waals surface area contributed by atoms with Gasteiger partial charge in [-0.1, -0.05) is 18.2 Å². The Labute approximate surface area is 149 Å². The molecule has 2 amide bonds. The number of rotatable bonds is 5. The minimum Gasteiger partial charge on any atom is -0.379 e. The first-order valence-corrected chi connectivity index (χ1v) is 9.14. The first-order chi connectivity index (χ1) is 12.2. The number of benzene rings is 1. The van der Waals surface area contributed by atoms with E-state index >= 15 is 0 Å². The van der Waals surface area contributed by atoms with Gasteiger partial charge in [-0.2, -0.15) is 0 Å². The molecule has 1 saturated heterocycles. The van der Waals surface area contributed by atoms with Crippen LogP contribution in [-0.4, -0.2) is 62.1 Å². The number of hydrogen-bond acceptors (Lipinski definition) is 4. The number of nitrogens with zero attached hydrogens (tertiary/aromatic N) is 2. The molecular weight excluding hydrogens is 318 g/mol. The quantitative estimate of drug-likeness (QED) is 0.871. The standard InChI is InChI=1S/C19H27N3O3/c1-15(19(24)20-9-10-21-11-13-25-14-12-21)22-17-7-3-2-5-16(17)6-4-8-18(22)23/h2-3,5,7,15H,4,6,8-14H2,1H3,(H,20,24). The van der Waals surface area contributed by atoms with Crippen molar-refractivity contribution in [3.8, 4) is 0 Å². The van der Waals surface area contributed by atoms with Crippen LogP contribution in [0, 0.1) is 0 Å². The van der Waals surface area contributed by atoms with Gasteiger partial charge in [0.2, 0.25) is 11.8 Å². The second kappa shape index (κ2) is 8.45. The summed E-state index contributed by atoms with van der Waals surface area (Å²) in [5.41, 5.74) is 2.02. The summed E-state index contributed by atoms with van der Waals surface area (Å²) in [4.78, 5) is 29.1. The van der Waals surface area contributed by atoms with Gasteiger partial charge in [0.25, 0.3) is 0 Å². The van der Waals surface area contributed by atoms with Crippen molar-refractivity contribution >= 4 is 17.5 Å². The molecule has 0 aliphatic carbocycles. The second-order valence-corrected chi connectivity index (χ2v) is 6.67. The van der Waals surface area contributed by atoms with Crippen LogP contribution in [0.25, 0.3) is 0 Å². The molecule has 6 heteroatoms. The highest BCUT2D eigenvalue weighted by Crippen LogP contribution is 2.28. The summed E-state index contributed by atoms with van der Waals surface area (Å²) < 4.78 is 5.33. The van der Waals surface area contributed by atoms with Crippen LogP contribution < -0.4 is 10.2 Å². The molecule has 1 fully saturated rings. The minimum atomic E-state index is -0.503. The van der Waals surface area contributed by atoms with E-state index in [0.29, 0.717) is 13.0 Å². The first kappa shape index (κ1) is 17.9. The molecule has 0 bridgehead atoms. The van der Waals surface area contributed by atoms with Crippen molar-refractivity contribution in [1.82, 2.24) is 10.2 Å². The molecule has 1 unspecified atom stereocenters. The second-order valence-electron chi connectivity index (χ2n) is 6.67. The third-order valence-electron chi connectivity index (χ3n) is 4.95. The van der Waals surface area contributed by atoms with Gasteiger partial charge in [-0.25, -0.2) is 0 Å². The maximum Gasteiger partial charge on any atom is 0.242 e. The van der Waals surface area contributed by atoms with Crippen molar-refractivity contribution in [3.05, 3.63) is 29.8 Å². The predicted octanol–water partition coefficient (Wildman–Crippen LogP) is 1.19. The summed E-state index contributed by atoms with van der Waals surface area (Å²) in [6.45, 7) is 6.53. The molecule has 1 N–H and O–H groups in total. The van der Waals surface area contributed by atoms with E-state index in [-0.39, 0.29) is 11.8 Å². The summed E-state index contributed by atoms with van der Waals surface area (Å²) in [5, 5.41) is 2.98. The van der Waals surface area contributed by atoms with Crippen molar-refractivity contribution in [3.63, 3.8) is 0 Å². The van der Waals surface area contributed by atoms with Gasteiger partial charge in [0.05, 0.1) is 13.2 Å². The Morgan fingerprint density at radius 2 is 2.00 bits per heavy atom. The zero-order valence-corrected chi connectivity index (χ0v) is 14.9. The molecule has 0 saturated carbocycles. The van der Waals surface area contributed by atoms with E-state index < -0.39 is 6.04 Å². The van der Waals surface area contributed by atoms with E-state index in [1.165, 1.54) is 0 Å². The third kappa shape index (κ3) is 4.38. The lowest BCUT2D eigenvalue weighted by Crippen LogP contribution is -2.50. The average Bonchev–Trinajstić information content (AvgIpc) is 2.80. The lowest BCUT2D eigenvalue weighted by molar-refractivity contribution is -0.126. The SMILES string of the molecule is CC(C(=O)NCCN1CCOCC1)N1C(=O)CCCc2ccccc21. The van der Waals surface area contributed by atoms with Crippen LogP contribution in [0.4, 0.5) is 5.69 Å². The zero-order chi connectivity index (χ0) is 17.6. The number of ether oxygens (including phenoxy) is 1. The number of aryl methyl sites for hydroxylation is 1. The van der Waals surface area contributed by atoms with E-state index in [1.54, 1.807) is 4.90 Å². The van der Waals surface area contributed by atoms with Gasteiger partial charge >= 0.3 is 0 Å². The number of fused-ring (bicyclic) bond motifs is 1. The fourth-order valence-electron chi connectivity index (χ4n) is 3.49. The van der Waals surface area contributed by atoms with Gasteiger partial charge in [0, 0.05) is 38.3 Å². The average molecular weight is 345 g/mol. The molecule has 3 rings (SSSR count). The number of amides is 2. The molecule has 1 aromatic rings. The normalized spacial score (nSPS) is 19.9. The highest BCUT2D eigenvalue weighted by Gasteiger charge is 2.30. The van der Waals surface area contributed by atoms with Crippen LogP contribution in [-0.2, 0) is 20.7 Å². The van der Waals surface area contributed by atoms with Gasteiger partial charge in [-0.15, -0.1) is 0 Å². The van der Waals surface area contributed by atoms with Gasteiger partial charge in [0.1, 0.15) is 6.04 Å². The van der Waals surface area contributed by atoms with E-state index in [0.717, 1.165) is 56.9 Å². The third-order valence-corrected chi connectivity index (χ3v) is 4.95. The van der Waals surface area contributed by atoms with E-state index in [2.05, 4.69) is 10.2 Å². The largest absolute Gasteiger partial charge is 0.379 e. The topological polar surface area (TPSA) is 61.9 Å². The summed E-state index contributed by atoms with van der Waals surface area (Å²) in [7, 11) is 0. The summed E-state index contributed by atoms with van der Waals surface area (Å²) in [5.74, 6) is -0.0703. The Morgan fingerprint density at radius 1 is 1.24 bits per heavy atom. The molecule has 0 radical (unpaired) electrons. The molecule has 2 aliphatic rings. The van der Waals surface area contributed by atoms with Crippen LogP contribution >= 0.6 is 0 Å². The monoisotopic (exact) mass is 345 g/mol. The Balaban J connectivity index is 1.61. The van der Waals surface area contributed by atoms with Crippen molar-refractivity contribution in [2.45, 2.75) is 32.2 Å². The van der Waals surface area contributed by atoms with Crippen LogP contribution in [0.2, 0.25) is 0 Å². The molecule has 136 valence electrons. The first-order valence-electron chi connectivity index (χ1n) is 9.14. The molecule has 6 nitrogen and oxygen atoms in total. The fraction of sp³-hybridized carbons (Fsp3) is 0.579. The Bertz CT molecular complexity index is 614. The minimum absolute atomic E-state index is 0.0285. The highest BCUT2D eigenvalue weighted by molar-refractivity contribution is 6.01. The van der Waals surface area contributed by atoms with Crippen LogP contribution in [0.3, 0.4) is 0 Å². The molecule has 0 spiro atoms. The molecule has 25 heavy (non-hydrogen) atoms. The van der Waals surface area contributed by atoms with Crippen LogP contribution in [0.15, 0.2) is 24.3 Å². The number of nitrogens with one attached hydrogen (secondary N) is 1. The van der Waals surface area contributed by atoms with E-state index in [4.69, 9.17) is 4.74 Å². The Kier molecular flexibility index (Phi) is 6.04. The lowest BCUT2D eigenvalue weighted by atomic mass is 10.1. The van der Waals surface area contributed by atoms with Crippen molar-refractivity contribution in [1.29, 1.82) is 0 Å². The van der Waals surface area contributed by atoms with Gasteiger partial charge in [-0.05, 0) is 31.4 Å². The Morgan fingerprint density at radius 3 is 2.80 bits per heavy atom. The lowest BCUT2D eigenvalue weighted by Gasteiger charge is -2.30. The van der Waals surface area contributed by atoms with Gasteiger partial charge in [0.15, 0.2) is 0 Å². The van der Waals surface area contributed by atoms with Crippen molar-refractivity contribution in [2.24, 2.45) is 0 Å². The maximum atomic E-state index is 12.6. The van der Waals surface area contributed by atoms with Crippen LogP contribution in [0.1, 0.15) is 25.3 Å². The molecule has 0 aromatic heterocycles. The van der Waals surface area contributed by atoms with Crippen molar-refractivity contribution in [2.75, 3.05) is 44.3 Å². The highest BCUT2D eigenvalue weighted by atomic mass is 16.5. The molecule has 2 heterocycles. The number of anilines is 1. The number of morpholine rings is 1. The van der Waals surface area contributed by atoms with E-state index in [9.17, 15) is 9.59 Å². The summed E-state index contributed by atoms with van der Waals surface area (Å²) >= 11 is 0. The van der Waals surface area contributed by atoms with Crippen molar-refractivity contribution < 1.29 is 14.3 Å². The Hall–Kier alpha value is -1.92. The van der Waals surface area contributed by atoms with Gasteiger partial charge < -0.3 is 10.1 Å². The fourth-order valence-corrected chi connectivity index (χ4v) is 3.49. The maximum absolute atomic E-state index is 12.6. The summed E-state index contributed by atoms with van der Waals surface area (Å²) in [6, 6.07) is 7.39. The van der Waals surface area contributed by atoms with Gasteiger partial charge in [-0.3, -0.25) is 19.4 Å². The summed E-state index contributed by atoms with van der Waals surface area (Å²) in [6.07, 6.45) is 2.20. The van der Waals surface area contributed by atoms with Crippen LogP contribution in [0.5, 0.6) is 0 Å². The number of hydrogen-bond donors (Lipinski definition) is 1. The predicted molar refractivity (Wildman–Crippen MR) is 96.6 cm³/mol. The zero-order valence-electron chi connectivity index (χ0n) is 14.9. The molecular formula is C19H27N3O3. The number of carbonyl (C=O) groups is 2. The number of carbonyl (C=O) groups excluding carboxylic acids is 2. The van der Waals surface area contributed by atoms with E-state index in [1.807, 2.05) is 31.2 Å². The molecule has 1 aromatic carbocycles. The molecule has 2 aliphatic heterocycles.